The largest absolute Gasteiger partial charge is 0.484 e. The first kappa shape index (κ1) is 12.9. The third-order valence-corrected chi connectivity index (χ3v) is 2.77. The highest BCUT2D eigenvalue weighted by Crippen LogP contribution is 2.24. The predicted octanol–water partition coefficient (Wildman–Crippen LogP) is 1.51. The minimum atomic E-state index is -0.524. The van der Waals surface area contributed by atoms with Crippen molar-refractivity contribution in [1.82, 2.24) is 0 Å². The molecule has 0 radical (unpaired) electrons. The monoisotopic (exact) mass is 246 g/mol. The van der Waals surface area contributed by atoms with E-state index in [1.54, 1.807) is 0 Å². The maximum atomic E-state index is 9.77. The van der Waals surface area contributed by atoms with Gasteiger partial charge in [-0.3, -0.25) is 0 Å². The number of rotatable bonds is 5. The van der Waals surface area contributed by atoms with E-state index in [0.29, 0.717) is 12.6 Å². The Hall–Kier alpha value is -1.58. The Morgan fingerprint density at radius 2 is 1.83 bits per heavy atom. The molecule has 0 aliphatic carbocycles. The van der Waals surface area contributed by atoms with Crippen LogP contribution in [-0.2, 0) is 0 Å². The van der Waals surface area contributed by atoms with Crippen LogP contribution in [0.2, 0.25) is 0 Å². The summed E-state index contributed by atoms with van der Waals surface area (Å²) in [6.07, 6.45) is -0.524. The summed E-state index contributed by atoms with van der Waals surface area (Å²) in [4.78, 5) is 0. The van der Waals surface area contributed by atoms with Gasteiger partial charge in [-0.05, 0) is 25.3 Å². The molecule has 3 nitrogen and oxygen atoms in total. The zero-order chi connectivity index (χ0) is 13.0. The first-order valence-corrected chi connectivity index (χ1v) is 6.30. The van der Waals surface area contributed by atoms with E-state index in [-0.39, 0.29) is 0 Å². The first-order chi connectivity index (χ1) is 8.66. The second-order valence-electron chi connectivity index (χ2n) is 4.79. The minimum Gasteiger partial charge on any atom is -0.484 e. The van der Waals surface area contributed by atoms with Crippen LogP contribution < -0.4 is 10.1 Å². The number of hydrogen-bond donors (Lipinski definition) is 2. The van der Waals surface area contributed by atoms with Gasteiger partial charge >= 0.3 is 0 Å². The van der Waals surface area contributed by atoms with Gasteiger partial charge in [0.05, 0.1) is 6.04 Å². The molecule has 3 N–H and O–H groups in total. The van der Waals surface area contributed by atoms with Crippen molar-refractivity contribution in [3.63, 3.8) is 0 Å². The molecule has 0 bridgehead atoms. The van der Waals surface area contributed by atoms with E-state index in [4.69, 9.17) is 4.74 Å². The molecule has 0 aromatic heterocycles. The highest BCUT2D eigenvalue weighted by atomic mass is 16.5. The normalized spacial score (nSPS) is 12.9. The maximum Gasteiger partial charge on any atom is 0.222 e. The van der Waals surface area contributed by atoms with Gasteiger partial charge in [0.1, 0.15) is 5.75 Å². The topological polar surface area (TPSA) is 46.1 Å². The van der Waals surface area contributed by atoms with Gasteiger partial charge in [0.25, 0.3) is 0 Å². The van der Waals surface area contributed by atoms with Gasteiger partial charge in [0, 0.05) is 5.39 Å². The van der Waals surface area contributed by atoms with Gasteiger partial charge in [0.15, 0.2) is 6.61 Å². The standard InChI is InChI=1S/C15H19NO2/c1-11(2)16-15(17)10-18-14-9-5-7-12-6-3-4-8-13(12)14/h3-9,11,15-17H,10H2,1-2H3/p+1. The number of aliphatic hydroxyl groups excluding tert-OH is 1. The second kappa shape index (κ2) is 5.85. The van der Waals surface area contributed by atoms with Crippen molar-refractivity contribution in [2.45, 2.75) is 26.1 Å². The summed E-state index contributed by atoms with van der Waals surface area (Å²) in [5, 5.41) is 13.9. The number of quaternary nitrogens is 1. The van der Waals surface area contributed by atoms with Crippen LogP contribution in [0, 0.1) is 0 Å². The zero-order valence-corrected chi connectivity index (χ0v) is 10.8. The summed E-state index contributed by atoms with van der Waals surface area (Å²) in [6.45, 7) is 4.38. The molecule has 0 saturated carbocycles. The highest BCUT2D eigenvalue weighted by molar-refractivity contribution is 5.88. The molecule has 2 aromatic rings. The third kappa shape index (κ3) is 3.22. The van der Waals surface area contributed by atoms with Crippen LogP contribution >= 0.6 is 0 Å². The average molecular weight is 246 g/mol. The molecule has 0 aliphatic heterocycles. The second-order valence-corrected chi connectivity index (χ2v) is 4.79. The Labute approximate surface area is 107 Å². The third-order valence-electron chi connectivity index (χ3n) is 2.77. The average Bonchev–Trinajstić information content (AvgIpc) is 2.35. The first-order valence-electron chi connectivity index (χ1n) is 6.30. The van der Waals surface area contributed by atoms with Crippen molar-refractivity contribution >= 4 is 10.8 Å². The van der Waals surface area contributed by atoms with Crippen LogP contribution in [0.4, 0.5) is 0 Å². The summed E-state index contributed by atoms with van der Waals surface area (Å²) >= 11 is 0. The van der Waals surface area contributed by atoms with Crippen molar-refractivity contribution in [1.29, 1.82) is 0 Å². The van der Waals surface area contributed by atoms with Gasteiger partial charge in [-0.2, -0.15) is 0 Å². The van der Waals surface area contributed by atoms with Gasteiger partial charge < -0.3 is 15.2 Å². The molecule has 1 unspecified atom stereocenters. The Kier molecular flexibility index (Phi) is 4.18. The van der Waals surface area contributed by atoms with Crippen LogP contribution in [0.1, 0.15) is 13.8 Å². The van der Waals surface area contributed by atoms with E-state index in [9.17, 15) is 5.11 Å². The molecule has 0 aliphatic rings. The lowest BCUT2D eigenvalue weighted by molar-refractivity contribution is -0.748. The smallest absolute Gasteiger partial charge is 0.222 e. The lowest BCUT2D eigenvalue weighted by atomic mass is 10.1. The fraction of sp³-hybridized carbons (Fsp3) is 0.333. The summed E-state index contributed by atoms with van der Waals surface area (Å²) in [6, 6.07) is 14.4. The van der Waals surface area contributed by atoms with Gasteiger partial charge in [-0.1, -0.05) is 36.4 Å². The Bertz CT molecular complexity index is 505. The molecule has 2 rings (SSSR count). The van der Waals surface area contributed by atoms with Gasteiger partial charge in [-0.25, -0.2) is 0 Å². The predicted molar refractivity (Wildman–Crippen MR) is 72.5 cm³/mol. The number of aliphatic hydroxyl groups is 1. The van der Waals surface area contributed by atoms with Crippen LogP contribution in [0.5, 0.6) is 5.75 Å². The lowest BCUT2D eigenvalue weighted by Crippen LogP contribution is -2.95. The Balaban J connectivity index is 2.08. The number of nitrogens with two attached hydrogens (primary N) is 1. The Morgan fingerprint density at radius 1 is 1.11 bits per heavy atom. The van der Waals surface area contributed by atoms with E-state index in [1.165, 1.54) is 0 Å². The number of hydrogen-bond acceptors (Lipinski definition) is 2. The maximum absolute atomic E-state index is 9.77. The lowest BCUT2D eigenvalue weighted by Gasteiger charge is -2.14. The fourth-order valence-corrected chi connectivity index (χ4v) is 2.00. The number of benzene rings is 2. The van der Waals surface area contributed by atoms with Crippen LogP contribution in [0.25, 0.3) is 10.8 Å². The molecular weight excluding hydrogens is 226 g/mol. The molecule has 18 heavy (non-hydrogen) atoms. The van der Waals surface area contributed by atoms with Crippen LogP contribution in [0.15, 0.2) is 42.5 Å². The Morgan fingerprint density at radius 3 is 2.61 bits per heavy atom. The van der Waals surface area contributed by atoms with E-state index >= 15 is 0 Å². The van der Waals surface area contributed by atoms with E-state index in [0.717, 1.165) is 16.5 Å². The SMILES string of the molecule is CC(C)[NH2+]C(O)COc1cccc2ccccc12. The summed E-state index contributed by atoms with van der Waals surface area (Å²) < 4.78 is 5.70. The van der Waals surface area contributed by atoms with Gasteiger partial charge in [-0.15, -0.1) is 0 Å². The molecule has 3 heteroatoms. The highest BCUT2D eigenvalue weighted by Gasteiger charge is 2.10. The molecular formula is C15H20NO2+. The summed E-state index contributed by atoms with van der Waals surface area (Å²) in [5.41, 5.74) is 0. The molecule has 0 spiro atoms. The van der Waals surface area contributed by atoms with Crippen molar-refractivity contribution in [2.24, 2.45) is 0 Å². The van der Waals surface area contributed by atoms with Crippen molar-refractivity contribution in [3.05, 3.63) is 42.5 Å². The van der Waals surface area contributed by atoms with E-state index in [1.807, 2.05) is 49.5 Å². The molecule has 0 heterocycles. The van der Waals surface area contributed by atoms with E-state index < -0.39 is 6.23 Å². The fourth-order valence-electron chi connectivity index (χ4n) is 2.00. The molecule has 96 valence electrons. The molecule has 1 atom stereocenters. The van der Waals surface area contributed by atoms with Crippen LogP contribution in [-0.4, -0.2) is 24.0 Å². The quantitative estimate of drug-likeness (QED) is 0.786. The molecule has 0 saturated heterocycles. The number of ether oxygens (including phenoxy) is 1. The van der Waals surface area contributed by atoms with Crippen molar-refractivity contribution in [2.75, 3.05) is 6.61 Å². The molecule has 2 aromatic carbocycles. The zero-order valence-electron chi connectivity index (χ0n) is 10.8. The molecule has 0 fully saturated rings. The number of fused-ring (bicyclic) bond motifs is 1. The summed E-state index contributed by atoms with van der Waals surface area (Å²) in [7, 11) is 0. The van der Waals surface area contributed by atoms with Gasteiger partial charge in [0.2, 0.25) is 6.23 Å². The summed E-state index contributed by atoms with van der Waals surface area (Å²) in [5.74, 6) is 0.823. The van der Waals surface area contributed by atoms with E-state index in [2.05, 4.69) is 12.1 Å². The van der Waals surface area contributed by atoms with Crippen LogP contribution in [0.3, 0.4) is 0 Å². The van der Waals surface area contributed by atoms with Crippen molar-refractivity contribution < 1.29 is 15.2 Å². The molecule has 0 amide bonds. The van der Waals surface area contributed by atoms with Crippen molar-refractivity contribution in [3.8, 4) is 5.75 Å². The minimum absolute atomic E-state index is 0.298.